The maximum Gasteiger partial charge on any atom is 0.310 e. The van der Waals surface area contributed by atoms with Crippen molar-refractivity contribution in [3.63, 3.8) is 0 Å². The van der Waals surface area contributed by atoms with Gasteiger partial charge < -0.3 is 14.6 Å². The first-order valence-electron chi connectivity index (χ1n) is 16.7. The number of ketones is 2. The van der Waals surface area contributed by atoms with Gasteiger partial charge in [-0.1, -0.05) is 38.8 Å². The van der Waals surface area contributed by atoms with Gasteiger partial charge in [-0.25, -0.2) is 9.97 Å². The van der Waals surface area contributed by atoms with E-state index in [0.717, 1.165) is 65.0 Å². The van der Waals surface area contributed by atoms with Gasteiger partial charge in [0.25, 0.3) is 0 Å². The molecule has 8 nitrogen and oxygen atoms in total. The molecule has 0 bridgehead atoms. The van der Waals surface area contributed by atoms with Gasteiger partial charge in [-0.15, -0.1) is 11.3 Å². The number of thiazole rings is 1. The van der Waals surface area contributed by atoms with Crippen molar-refractivity contribution in [2.45, 2.75) is 97.0 Å². The molecule has 3 aliphatic rings. The van der Waals surface area contributed by atoms with Crippen LogP contribution in [-0.4, -0.2) is 45.8 Å². The van der Waals surface area contributed by atoms with Crippen LogP contribution in [0.4, 0.5) is 0 Å². The van der Waals surface area contributed by atoms with Crippen LogP contribution in [0.1, 0.15) is 95.2 Å². The summed E-state index contributed by atoms with van der Waals surface area (Å²) in [5.74, 6) is -0.454. The topological polar surface area (TPSA) is 116 Å². The Kier molecular flexibility index (Phi) is 9.33. The zero-order chi connectivity index (χ0) is 32.6. The fourth-order valence-electron chi connectivity index (χ4n) is 7.37. The molecular formula is C37H44N2O6S. The number of allylic oxidation sites excluding steroid dienone is 2. The number of hydrogen-bond donors (Lipinski definition) is 1. The summed E-state index contributed by atoms with van der Waals surface area (Å²) >= 11 is 1.54. The number of aryl methyl sites for hydroxylation is 1. The maximum atomic E-state index is 13.9. The maximum absolute atomic E-state index is 13.9. The number of fused-ring (bicyclic) bond motifs is 3. The van der Waals surface area contributed by atoms with Crippen molar-refractivity contribution < 1.29 is 29.0 Å². The number of pyridine rings is 1. The Morgan fingerprint density at radius 1 is 1.04 bits per heavy atom. The highest BCUT2D eigenvalue weighted by Crippen LogP contribution is 2.57. The molecule has 244 valence electrons. The Bertz CT molecular complexity index is 1680. The zero-order valence-corrected chi connectivity index (χ0v) is 28.0. The van der Waals surface area contributed by atoms with Crippen molar-refractivity contribution in [1.29, 1.82) is 0 Å². The normalized spacial score (nSPS) is 27.8. The number of methoxy groups -OCH3 is 1. The predicted octanol–water partition coefficient (Wildman–Crippen LogP) is 8.10. The Labute approximate surface area is 274 Å². The minimum absolute atomic E-state index is 0.0396. The summed E-state index contributed by atoms with van der Waals surface area (Å²) in [4.78, 5) is 49.8. The van der Waals surface area contributed by atoms with Gasteiger partial charge in [-0.3, -0.25) is 14.4 Å². The van der Waals surface area contributed by atoms with Crippen LogP contribution in [0.5, 0.6) is 11.5 Å². The number of Topliss-reactive ketones (excluding diaryl/α,β-unsaturated/α-hetero) is 2. The molecule has 0 aliphatic heterocycles. The van der Waals surface area contributed by atoms with E-state index in [1.807, 2.05) is 31.2 Å². The number of aliphatic carboxylic acids is 1. The van der Waals surface area contributed by atoms with Gasteiger partial charge in [0.15, 0.2) is 0 Å². The number of carbonyl (C=O) groups is 3. The lowest BCUT2D eigenvalue weighted by atomic mass is 9.82. The van der Waals surface area contributed by atoms with Crippen LogP contribution in [0.25, 0.3) is 21.6 Å². The van der Waals surface area contributed by atoms with Gasteiger partial charge in [-0.05, 0) is 69.4 Å². The van der Waals surface area contributed by atoms with Gasteiger partial charge in [0.2, 0.25) is 0 Å². The van der Waals surface area contributed by atoms with E-state index < -0.39 is 23.2 Å². The zero-order valence-electron chi connectivity index (χ0n) is 27.2. The third-order valence-corrected chi connectivity index (χ3v) is 11.2. The van der Waals surface area contributed by atoms with Gasteiger partial charge in [0.1, 0.15) is 39.9 Å². The SMILES string of the molecule is COc1ccc2c(O[C@H]3C[C@H]4C(=O)CCCCCC/C=C\[C@@H]5C[C@@]5(C(=O)O)CC(=O)[C@@H]4C3)cc(-c3nc(C(C)C)cs3)nc2c1C. The molecule has 3 aromatic rings. The molecule has 9 heteroatoms. The molecule has 5 atom stereocenters. The number of hydrogen-bond acceptors (Lipinski definition) is 8. The molecule has 1 N–H and O–H groups in total. The second-order valence-electron chi connectivity index (χ2n) is 13.7. The number of ether oxygens (including phenoxy) is 2. The number of carboxylic acid groups (broad SMARTS) is 1. The minimum Gasteiger partial charge on any atom is -0.496 e. The summed E-state index contributed by atoms with van der Waals surface area (Å²) < 4.78 is 12.3. The Balaban J connectivity index is 1.33. The highest BCUT2D eigenvalue weighted by Gasteiger charge is 2.61. The number of carbonyl (C=O) groups excluding carboxylic acids is 2. The molecule has 0 unspecified atom stereocenters. The van der Waals surface area contributed by atoms with Crippen molar-refractivity contribution in [1.82, 2.24) is 9.97 Å². The molecule has 0 radical (unpaired) electrons. The molecule has 1 aromatic carbocycles. The third-order valence-electron chi connectivity index (χ3n) is 10.3. The average molecular weight is 645 g/mol. The monoisotopic (exact) mass is 644 g/mol. The second kappa shape index (κ2) is 13.3. The fraction of sp³-hybridized carbons (Fsp3) is 0.541. The van der Waals surface area contributed by atoms with E-state index in [1.54, 1.807) is 18.4 Å². The van der Waals surface area contributed by atoms with E-state index in [2.05, 4.69) is 25.3 Å². The van der Waals surface area contributed by atoms with Crippen LogP contribution in [0.3, 0.4) is 0 Å². The number of benzene rings is 1. The van der Waals surface area contributed by atoms with E-state index in [9.17, 15) is 19.5 Å². The van der Waals surface area contributed by atoms with Crippen LogP contribution in [0, 0.1) is 30.1 Å². The average Bonchev–Trinajstić information content (AvgIpc) is 3.33. The number of aromatic nitrogens is 2. The molecule has 2 saturated carbocycles. The molecule has 0 amide bonds. The van der Waals surface area contributed by atoms with Gasteiger partial charge in [-0.2, -0.15) is 0 Å². The standard InChI is InChI=1S/C37H44N2O6S/c1-21(2)29-20-46-35(39-29)28-17-33(25-13-14-32(44-4)22(3)34(25)38-28)45-24-15-26-27(16-24)31(41)19-37(36(42)43)18-23(37)11-9-7-5-6-8-10-12-30(26)40/h9,11,13-14,17,20-21,23-24,26-27H,5-8,10,12,15-16,18-19H2,1-4H3,(H,42,43)/b11-9-/t23-,24+,26-,27-,37-/m1/s1. The Hall–Kier alpha value is -3.59. The van der Waals surface area contributed by atoms with E-state index in [0.29, 0.717) is 37.1 Å². The van der Waals surface area contributed by atoms with Gasteiger partial charge in [0.05, 0.1) is 23.7 Å². The Morgan fingerprint density at radius 3 is 2.52 bits per heavy atom. The number of nitrogens with zero attached hydrogens (tertiary/aromatic N) is 2. The smallest absolute Gasteiger partial charge is 0.310 e. The lowest BCUT2D eigenvalue weighted by Gasteiger charge is -2.19. The lowest BCUT2D eigenvalue weighted by Crippen LogP contribution is -2.30. The quantitative estimate of drug-likeness (QED) is 0.268. The molecule has 2 fully saturated rings. The summed E-state index contributed by atoms with van der Waals surface area (Å²) in [6.07, 6.45) is 10.1. The molecular weight excluding hydrogens is 600 g/mol. The second-order valence-corrected chi connectivity index (χ2v) is 14.6. The van der Waals surface area contributed by atoms with Crippen LogP contribution < -0.4 is 9.47 Å². The lowest BCUT2D eigenvalue weighted by molar-refractivity contribution is -0.146. The molecule has 2 aromatic heterocycles. The van der Waals surface area contributed by atoms with Crippen LogP contribution in [0.2, 0.25) is 0 Å². The van der Waals surface area contributed by atoms with Crippen molar-refractivity contribution in [3.05, 3.63) is 47.0 Å². The molecule has 3 aliphatic carbocycles. The minimum atomic E-state index is -1.06. The van der Waals surface area contributed by atoms with Crippen molar-refractivity contribution in [2.75, 3.05) is 7.11 Å². The van der Waals surface area contributed by atoms with E-state index in [1.165, 1.54) is 0 Å². The van der Waals surface area contributed by atoms with Crippen molar-refractivity contribution in [2.24, 2.45) is 23.2 Å². The predicted molar refractivity (Wildman–Crippen MR) is 179 cm³/mol. The summed E-state index contributed by atoms with van der Waals surface area (Å²) in [6.45, 7) is 6.19. The molecule has 2 heterocycles. The van der Waals surface area contributed by atoms with Crippen LogP contribution >= 0.6 is 11.3 Å². The summed E-state index contributed by atoms with van der Waals surface area (Å²) in [7, 11) is 1.64. The third kappa shape index (κ3) is 6.35. The molecule has 46 heavy (non-hydrogen) atoms. The molecule has 6 rings (SSSR count). The molecule has 0 spiro atoms. The van der Waals surface area contributed by atoms with Crippen LogP contribution in [-0.2, 0) is 14.4 Å². The fourth-order valence-corrected chi connectivity index (χ4v) is 8.31. The van der Waals surface area contributed by atoms with E-state index >= 15 is 0 Å². The Morgan fingerprint density at radius 2 is 1.80 bits per heavy atom. The highest BCUT2D eigenvalue weighted by molar-refractivity contribution is 7.13. The van der Waals surface area contributed by atoms with Crippen LogP contribution in [0.15, 0.2) is 35.7 Å². The van der Waals surface area contributed by atoms with E-state index in [4.69, 9.17) is 19.4 Å². The highest BCUT2D eigenvalue weighted by atomic mass is 32.1. The van der Waals surface area contributed by atoms with E-state index in [-0.39, 0.29) is 35.9 Å². The number of carboxylic acids is 1. The van der Waals surface area contributed by atoms with Crippen molar-refractivity contribution >= 4 is 39.8 Å². The molecule has 0 saturated heterocycles. The summed E-state index contributed by atoms with van der Waals surface area (Å²) in [5, 5.41) is 13.8. The first-order chi connectivity index (χ1) is 22.1. The summed E-state index contributed by atoms with van der Waals surface area (Å²) in [6, 6.07) is 5.76. The first-order valence-corrected chi connectivity index (χ1v) is 17.6. The van der Waals surface area contributed by atoms with Gasteiger partial charge in [0, 0.05) is 47.1 Å². The first kappa shape index (κ1) is 32.4. The largest absolute Gasteiger partial charge is 0.496 e. The van der Waals surface area contributed by atoms with Crippen molar-refractivity contribution in [3.8, 4) is 22.2 Å². The summed E-state index contributed by atoms with van der Waals surface area (Å²) in [5.41, 5.74) is 2.29. The number of rotatable bonds is 6. The van der Waals surface area contributed by atoms with Gasteiger partial charge >= 0.3 is 5.97 Å².